The number of carboxylic acid groups (broad SMARTS) is 1. The number of rotatable bonds is 5. The van der Waals surface area contributed by atoms with Gasteiger partial charge in [0, 0.05) is 19.0 Å². The molecule has 2 saturated heterocycles. The van der Waals surface area contributed by atoms with Gasteiger partial charge in [0.1, 0.15) is 18.0 Å². The van der Waals surface area contributed by atoms with Crippen LogP contribution in [-0.2, 0) is 11.2 Å². The van der Waals surface area contributed by atoms with E-state index in [0.29, 0.717) is 12.0 Å². The molecule has 4 rings (SSSR count). The molecular formula is C19H26BFN2O7-2. The molecule has 0 aliphatic carbocycles. The van der Waals surface area contributed by atoms with Gasteiger partial charge >= 0.3 is 6.75 Å². The number of aromatic carboxylic acids is 1. The fourth-order valence-corrected chi connectivity index (χ4v) is 3.98. The Bertz CT molecular complexity index is 831. The van der Waals surface area contributed by atoms with Crippen molar-refractivity contribution in [1.82, 2.24) is 10.2 Å². The van der Waals surface area contributed by atoms with Gasteiger partial charge in [-0.3, -0.25) is 4.79 Å². The summed E-state index contributed by atoms with van der Waals surface area (Å²) in [5.74, 6) is -1.82. The van der Waals surface area contributed by atoms with Crippen molar-refractivity contribution < 1.29 is 38.5 Å². The first kappa shape index (κ1) is 22.3. The van der Waals surface area contributed by atoms with Crippen LogP contribution in [0.15, 0.2) is 12.1 Å². The number of carboxylic acids is 1. The van der Waals surface area contributed by atoms with Crippen molar-refractivity contribution in [2.75, 3.05) is 19.6 Å². The molecule has 11 heteroatoms. The number of carbonyl (C=O) groups excluding carboxylic acids is 2. The summed E-state index contributed by atoms with van der Waals surface area (Å²) in [5, 5.41) is 34.1. The third-order valence-electron chi connectivity index (χ3n) is 5.59. The molecule has 0 radical (unpaired) electrons. The Morgan fingerprint density at radius 1 is 1.37 bits per heavy atom. The molecule has 9 nitrogen and oxygen atoms in total. The van der Waals surface area contributed by atoms with Crippen molar-refractivity contribution in [1.29, 1.82) is 0 Å². The molecule has 3 aliphatic heterocycles. The van der Waals surface area contributed by atoms with Gasteiger partial charge < -0.3 is 39.6 Å². The summed E-state index contributed by atoms with van der Waals surface area (Å²) in [6.07, 6.45) is -0.582. The quantitative estimate of drug-likeness (QED) is 0.525. The molecule has 1 aromatic carbocycles. The number of aryl methyl sites for hydroxylation is 1. The van der Waals surface area contributed by atoms with Crippen molar-refractivity contribution in [3.8, 4) is 11.5 Å². The molecule has 3 N–H and O–H groups in total. The van der Waals surface area contributed by atoms with E-state index in [-0.39, 0.29) is 75.2 Å². The summed E-state index contributed by atoms with van der Waals surface area (Å²) in [6, 6.07) is 2.93. The van der Waals surface area contributed by atoms with E-state index in [1.54, 1.807) is 11.0 Å². The number of amides is 1. The summed E-state index contributed by atoms with van der Waals surface area (Å²) in [6.45, 7) is -2.31. The molecule has 2 fully saturated rings. The lowest BCUT2D eigenvalue weighted by atomic mass is 9.70. The predicted octanol–water partition coefficient (Wildman–Crippen LogP) is -0.776. The summed E-state index contributed by atoms with van der Waals surface area (Å²) in [5.41, 5.74) is 0.156. The first-order valence-electron chi connectivity index (χ1n) is 9.70. The lowest BCUT2D eigenvalue weighted by Crippen LogP contribution is -2.57. The molecule has 166 valence electrons. The number of nitrogens with zero attached hydrogens (tertiary/aromatic N) is 1. The summed E-state index contributed by atoms with van der Waals surface area (Å²) in [4.78, 5) is 25.5. The molecule has 3 heterocycles. The Labute approximate surface area is 173 Å². The number of nitrogens with one attached hydrogen (secondary N) is 1. The van der Waals surface area contributed by atoms with E-state index < -0.39 is 25.0 Å². The highest BCUT2D eigenvalue weighted by atomic mass is 19.1. The molecule has 0 spiro atoms. The van der Waals surface area contributed by atoms with E-state index >= 15 is 0 Å². The summed E-state index contributed by atoms with van der Waals surface area (Å²) < 4.78 is 24.0. The molecule has 0 bridgehead atoms. The van der Waals surface area contributed by atoms with Crippen LogP contribution in [0, 0.1) is 0 Å². The first-order chi connectivity index (χ1) is 13.7. The SMILES string of the molecule is C.O=C([O-])c1c(OC2CN(C(=O)C[C@@H]3C[C@H](F)CN3)C2)ccc2c1O[B-](O)(O)CC2. The lowest BCUT2D eigenvalue weighted by Gasteiger charge is -2.41. The van der Waals surface area contributed by atoms with Crippen LogP contribution in [0.25, 0.3) is 0 Å². The number of fused-ring (bicyclic) bond motifs is 1. The molecule has 0 saturated carbocycles. The normalized spacial score (nSPS) is 24.8. The van der Waals surface area contributed by atoms with Crippen molar-refractivity contribution in [3.05, 3.63) is 23.3 Å². The van der Waals surface area contributed by atoms with Crippen LogP contribution in [0.5, 0.6) is 11.5 Å². The molecule has 0 aromatic heterocycles. The average molecular weight is 424 g/mol. The third kappa shape index (κ3) is 4.53. The minimum absolute atomic E-state index is 0. The van der Waals surface area contributed by atoms with Crippen molar-refractivity contribution in [2.45, 2.75) is 51.3 Å². The Hall–Kier alpha value is -2.37. The lowest BCUT2D eigenvalue weighted by molar-refractivity contribution is -0.255. The summed E-state index contributed by atoms with van der Waals surface area (Å²) in [7, 11) is 0. The van der Waals surface area contributed by atoms with Gasteiger partial charge in [0.15, 0.2) is 0 Å². The number of likely N-dealkylation sites (tertiary alicyclic amines) is 1. The number of carbonyl (C=O) groups is 2. The maximum absolute atomic E-state index is 13.2. The third-order valence-corrected chi connectivity index (χ3v) is 5.59. The Balaban J connectivity index is 0.00000256. The highest BCUT2D eigenvalue weighted by molar-refractivity contribution is 6.59. The largest absolute Gasteiger partial charge is 0.669 e. The Kier molecular flexibility index (Phi) is 6.25. The predicted molar refractivity (Wildman–Crippen MR) is 104 cm³/mol. The zero-order valence-electron chi connectivity index (χ0n) is 15.7. The minimum Gasteiger partial charge on any atom is -0.669 e. The van der Waals surface area contributed by atoms with Crippen LogP contribution in [0.3, 0.4) is 0 Å². The maximum atomic E-state index is 13.2. The number of halogens is 1. The van der Waals surface area contributed by atoms with E-state index in [1.165, 1.54) is 6.07 Å². The van der Waals surface area contributed by atoms with E-state index in [2.05, 4.69) is 5.32 Å². The highest BCUT2D eigenvalue weighted by Crippen LogP contribution is 2.38. The van der Waals surface area contributed by atoms with Crippen LogP contribution < -0.4 is 19.8 Å². The first-order valence-corrected chi connectivity index (χ1v) is 9.70. The molecule has 1 aromatic rings. The summed E-state index contributed by atoms with van der Waals surface area (Å²) >= 11 is 0. The second-order valence-electron chi connectivity index (χ2n) is 7.91. The average Bonchev–Trinajstić information content (AvgIpc) is 3.00. The van der Waals surface area contributed by atoms with Gasteiger partial charge in [0.25, 0.3) is 0 Å². The molecule has 0 unspecified atom stereocenters. The number of benzene rings is 1. The number of alkyl halides is 1. The van der Waals surface area contributed by atoms with Gasteiger partial charge in [-0.2, -0.15) is 0 Å². The number of hydrogen-bond acceptors (Lipinski definition) is 8. The smallest absolute Gasteiger partial charge is 0.430 e. The topological polar surface area (TPSA) is 131 Å². The molecule has 1 amide bonds. The van der Waals surface area contributed by atoms with Gasteiger partial charge in [-0.15, -0.1) is 0 Å². The van der Waals surface area contributed by atoms with E-state index in [9.17, 15) is 29.1 Å². The minimum atomic E-state index is -3.13. The zero-order valence-corrected chi connectivity index (χ0v) is 15.7. The fraction of sp³-hybridized carbons (Fsp3) is 0.579. The van der Waals surface area contributed by atoms with Gasteiger partial charge in [-0.1, -0.05) is 19.8 Å². The van der Waals surface area contributed by atoms with Crippen LogP contribution in [0.2, 0.25) is 6.32 Å². The number of hydrogen-bond donors (Lipinski definition) is 3. The van der Waals surface area contributed by atoms with E-state index in [1.807, 2.05) is 0 Å². The maximum Gasteiger partial charge on any atom is 0.430 e. The van der Waals surface area contributed by atoms with Crippen LogP contribution in [-0.4, -0.2) is 71.5 Å². The monoisotopic (exact) mass is 424 g/mol. The van der Waals surface area contributed by atoms with Crippen molar-refractivity contribution in [2.24, 2.45) is 0 Å². The Morgan fingerprint density at radius 2 is 2.10 bits per heavy atom. The standard InChI is InChI=1S/C18H23BFN2O7.CH4/c20-11-5-12(21-7-11)6-15(23)22-8-13(9-22)28-14-2-1-10-3-4-19(26,27)29-17(10)16(14)18(24)25;/h1-2,11-13,21,26-27H,3-9H2,(H,24,25);1H4/q-1;/p-1/t11-,12-;/m0./s1. The molecule has 3 aliphatic rings. The number of ether oxygens (including phenoxy) is 1. The van der Waals surface area contributed by atoms with Crippen LogP contribution >= 0.6 is 0 Å². The highest BCUT2D eigenvalue weighted by Gasteiger charge is 2.36. The zero-order chi connectivity index (χ0) is 20.8. The van der Waals surface area contributed by atoms with E-state index in [4.69, 9.17) is 9.39 Å². The Morgan fingerprint density at radius 3 is 2.73 bits per heavy atom. The van der Waals surface area contributed by atoms with Crippen molar-refractivity contribution in [3.63, 3.8) is 0 Å². The van der Waals surface area contributed by atoms with Gasteiger partial charge in [0.2, 0.25) is 5.91 Å². The van der Waals surface area contributed by atoms with Gasteiger partial charge in [0.05, 0.1) is 30.4 Å². The molecular weight excluding hydrogens is 398 g/mol. The molecule has 30 heavy (non-hydrogen) atoms. The second-order valence-corrected chi connectivity index (χ2v) is 7.91. The van der Waals surface area contributed by atoms with Crippen LogP contribution in [0.1, 0.15) is 36.2 Å². The van der Waals surface area contributed by atoms with Crippen molar-refractivity contribution >= 4 is 18.6 Å². The second kappa shape index (κ2) is 8.40. The molecule has 2 atom stereocenters. The van der Waals surface area contributed by atoms with Crippen LogP contribution in [0.4, 0.5) is 4.39 Å². The fourth-order valence-electron chi connectivity index (χ4n) is 3.98. The van der Waals surface area contributed by atoms with Gasteiger partial charge in [-0.05, 0) is 24.5 Å². The van der Waals surface area contributed by atoms with E-state index in [0.717, 1.165) is 0 Å². The van der Waals surface area contributed by atoms with Gasteiger partial charge in [-0.25, -0.2) is 4.39 Å².